The first-order chi connectivity index (χ1) is 13.9. The van der Waals surface area contributed by atoms with Gasteiger partial charge in [0, 0.05) is 25.2 Å². The number of carbonyl (C=O) groups is 1. The van der Waals surface area contributed by atoms with Crippen LogP contribution in [0.2, 0.25) is 0 Å². The van der Waals surface area contributed by atoms with Gasteiger partial charge in [0.1, 0.15) is 5.75 Å². The molecule has 6 nitrogen and oxygen atoms in total. The van der Waals surface area contributed by atoms with Gasteiger partial charge in [0.2, 0.25) is 15.9 Å². The van der Waals surface area contributed by atoms with Gasteiger partial charge < -0.3 is 10.1 Å². The molecular weight excluding hydrogens is 388 g/mol. The van der Waals surface area contributed by atoms with Crippen molar-refractivity contribution in [1.82, 2.24) is 9.62 Å². The number of aryl methyl sites for hydroxylation is 1. The topological polar surface area (TPSA) is 75.7 Å². The smallest absolute Gasteiger partial charge is 0.243 e. The van der Waals surface area contributed by atoms with Crippen LogP contribution in [0, 0.1) is 12.8 Å². The number of amides is 1. The molecule has 156 valence electrons. The third-order valence-corrected chi connectivity index (χ3v) is 7.02. The van der Waals surface area contributed by atoms with E-state index in [1.807, 2.05) is 38.1 Å². The number of sulfonamides is 1. The molecule has 0 unspecified atom stereocenters. The summed E-state index contributed by atoms with van der Waals surface area (Å²) < 4.78 is 32.9. The number of nitrogens with one attached hydrogen (secondary N) is 1. The van der Waals surface area contributed by atoms with E-state index >= 15 is 0 Å². The van der Waals surface area contributed by atoms with Crippen LogP contribution < -0.4 is 10.1 Å². The van der Waals surface area contributed by atoms with Gasteiger partial charge >= 0.3 is 0 Å². The number of carbonyl (C=O) groups excluding carboxylic acids is 1. The third kappa shape index (κ3) is 5.16. The summed E-state index contributed by atoms with van der Waals surface area (Å²) in [6.45, 7) is 5.39. The fourth-order valence-electron chi connectivity index (χ4n) is 3.51. The largest absolute Gasteiger partial charge is 0.494 e. The van der Waals surface area contributed by atoms with E-state index in [9.17, 15) is 13.2 Å². The molecule has 1 amide bonds. The molecule has 3 rings (SSSR count). The maximum atomic E-state index is 12.9. The Morgan fingerprint density at radius 1 is 1.17 bits per heavy atom. The number of para-hydroxylation sites is 1. The summed E-state index contributed by atoms with van der Waals surface area (Å²) in [6, 6.07) is 14.4. The van der Waals surface area contributed by atoms with Crippen LogP contribution in [0.25, 0.3) is 0 Å². The van der Waals surface area contributed by atoms with E-state index in [0.717, 1.165) is 16.9 Å². The lowest BCUT2D eigenvalue weighted by Gasteiger charge is -2.31. The molecule has 29 heavy (non-hydrogen) atoms. The van der Waals surface area contributed by atoms with Gasteiger partial charge in [-0.05, 0) is 44.9 Å². The zero-order valence-electron chi connectivity index (χ0n) is 16.9. The summed E-state index contributed by atoms with van der Waals surface area (Å²) in [5, 5.41) is 2.95. The van der Waals surface area contributed by atoms with E-state index in [1.54, 1.807) is 24.3 Å². The van der Waals surface area contributed by atoms with Crippen molar-refractivity contribution in [3.05, 3.63) is 59.7 Å². The first-order valence-corrected chi connectivity index (χ1v) is 11.4. The van der Waals surface area contributed by atoms with Crippen molar-refractivity contribution in [2.24, 2.45) is 5.92 Å². The summed E-state index contributed by atoms with van der Waals surface area (Å²) in [4.78, 5) is 13.0. The molecule has 1 N–H and O–H groups in total. The van der Waals surface area contributed by atoms with Crippen molar-refractivity contribution in [3.8, 4) is 5.75 Å². The molecule has 0 aromatic heterocycles. The number of benzene rings is 2. The second-order valence-corrected chi connectivity index (χ2v) is 9.21. The minimum absolute atomic E-state index is 0.125. The number of nitrogens with zero attached hydrogens (tertiary/aromatic N) is 1. The monoisotopic (exact) mass is 416 g/mol. The van der Waals surface area contributed by atoms with Crippen LogP contribution in [-0.4, -0.2) is 38.3 Å². The van der Waals surface area contributed by atoms with Gasteiger partial charge in [-0.3, -0.25) is 4.79 Å². The lowest BCUT2D eigenvalue weighted by atomic mass is 9.98. The highest BCUT2D eigenvalue weighted by molar-refractivity contribution is 7.89. The normalized spacial score (nSPS) is 17.7. The molecule has 0 saturated carbocycles. The van der Waals surface area contributed by atoms with Gasteiger partial charge in [-0.25, -0.2) is 8.42 Å². The Labute approximate surface area is 172 Å². The Hall–Kier alpha value is -2.38. The molecule has 1 fully saturated rings. The summed E-state index contributed by atoms with van der Waals surface area (Å²) in [7, 11) is -3.59. The Balaban J connectivity index is 1.64. The summed E-state index contributed by atoms with van der Waals surface area (Å²) in [5.74, 6) is 0.269. The minimum Gasteiger partial charge on any atom is -0.494 e. The lowest BCUT2D eigenvalue weighted by Crippen LogP contribution is -2.45. The van der Waals surface area contributed by atoms with E-state index in [2.05, 4.69) is 5.32 Å². The Kier molecular flexibility index (Phi) is 6.92. The van der Waals surface area contributed by atoms with Crippen molar-refractivity contribution in [3.63, 3.8) is 0 Å². The quantitative estimate of drug-likeness (QED) is 0.753. The zero-order valence-corrected chi connectivity index (χ0v) is 17.7. The van der Waals surface area contributed by atoms with Crippen LogP contribution in [0.15, 0.2) is 53.4 Å². The van der Waals surface area contributed by atoms with E-state index in [0.29, 0.717) is 32.5 Å². The Morgan fingerprint density at radius 2 is 1.90 bits per heavy atom. The van der Waals surface area contributed by atoms with Crippen molar-refractivity contribution in [2.45, 2.75) is 38.1 Å². The average Bonchev–Trinajstić information content (AvgIpc) is 2.73. The molecule has 1 saturated heterocycles. The van der Waals surface area contributed by atoms with Gasteiger partial charge in [-0.2, -0.15) is 4.31 Å². The van der Waals surface area contributed by atoms with Crippen molar-refractivity contribution < 1.29 is 17.9 Å². The predicted molar refractivity (Wildman–Crippen MR) is 112 cm³/mol. The van der Waals surface area contributed by atoms with E-state index in [1.165, 1.54) is 4.31 Å². The van der Waals surface area contributed by atoms with Gasteiger partial charge in [0.15, 0.2) is 0 Å². The Bertz CT molecular complexity index is 942. The van der Waals surface area contributed by atoms with E-state index in [-0.39, 0.29) is 23.3 Å². The second-order valence-electron chi connectivity index (χ2n) is 7.27. The molecule has 1 aliphatic heterocycles. The first kappa shape index (κ1) is 21.3. The molecule has 0 bridgehead atoms. The number of hydrogen-bond acceptors (Lipinski definition) is 4. The number of hydrogen-bond donors (Lipinski definition) is 1. The maximum Gasteiger partial charge on any atom is 0.243 e. The molecule has 2 aromatic rings. The molecule has 0 aliphatic carbocycles. The average molecular weight is 417 g/mol. The predicted octanol–water partition coefficient (Wildman–Crippen LogP) is 3.11. The van der Waals surface area contributed by atoms with E-state index in [4.69, 9.17) is 4.74 Å². The fraction of sp³-hybridized carbons (Fsp3) is 0.409. The fourth-order valence-corrected chi connectivity index (χ4v) is 5.03. The number of piperidine rings is 1. The first-order valence-electron chi connectivity index (χ1n) is 9.97. The van der Waals surface area contributed by atoms with Gasteiger partial charge in [-0.1, -0.05) is 35.9 Å². The molecule has 1 atom stereocenters. The molecular formula is C22H28N2O4S. The Morgan fingerprint density at radius 3 is 2.62 bits per heavy atom. The summed E-state index contributed by atoms with van der Waals surface area (Å²) >= 11 is 0. The molecule has 7 heteroatoms. The molecule has 1 aliphatic rings. The third-order valence-electron chi connectivity index (χ3n) is 5.14. The van der Waals surface area contributed by atoms with Crippen LogP contribution in [0.4, 0.5) is 0 Å². The number of ether oxygens (including phenoxy) is 1. The highest BCUT2D eigenvalue weighted by atomic mass is 32.2. The van der Waals surface area contributed by atoms with Gasteiger partial charge in [0.05, 0.1) is 17.4 Å². The minimum atomic E-state index is -3.59. The molecule has 2 aromatic carbocycles. The lowest BCUT2D eigenvalue weighted by molar-refractivity contribution is -0.126. The second kappa shape index (κ2) is 9.41. The highest BCUT2D eigenvalue weighted by Gasteiger charge is 2.33. The van der Waals surface area contributed by atoms with Crippen LogP contribution in [-0.2, 0) is 21.4 Å². The summed E-state index contributed by atoms with van der Waals surface area (Å²) in [5.41, 5.74) is 1.91. The van der Waals surface area contributed by atoms with Crippen LogP contribution in [0.5, 0.6) is 5.75 Å². The molecule has 0 spiro atoms. The van der Waals surface area contributed by atoms with Crippen molar-refractivity contribution in [2.75, 3.05) is 19.7 Å². The van der Waals surface area contributed by atoms with Gasteiger partial charge in [-0.15, -0.1) is 0 Å². The van der Waals surface area contributed by atoms with Crippen LogP contribution in [0.1, 0.15) is 30.9 Å². The van der Waals surface area contributed by atoms with Crippen molar-refractivity contribution >= 4 is 15.9 Å². The van der Waals surface area contributed by atoms with Gasteiger partial charge in [0.25, 0.3) is 0 Å². The number of rotatable bonds is 7. The van der Waals surface area contributed by atoms with Crippen molar-refractivity contribution in [1.29, 1.82) is 0 Å². The standard InChI is InChI=1S/C22H28N2O4S/c1-3-28-21-9-5-4-7-18(21)15-23-22(25)19-8-6-14-24(16-19)29(26,27)20-12-10-17(2)11-13-20/h4-5,7,9-13,19H,3,6,8,14-16H2,1-2H3,(H,23,25)/t19-/m0/s1. The SMILES string of the molecule is CCOc1ccccc1CNC(=O)[C@H]1CCCN(S(=O)(=O)c2ccc(C)cc2)C1. The maximum absolute atomic E-state index is 12.9. The van der Waals surface area contributed by atoms with E-state index < -0.39 is 10.0 Å². The highest BCUT2D eigenvalue weighted by Crippen LogP contribution is 2.24. The zero-order chi connectivity index (χ0) is 20.9. The summed E-state index contributed by atoms with van der Waals surface area (Å²) in [6.07, 6.45) is 1.34. The molecule has 0 radical (unpaired) electrons. The van der Waals surface area contributed by atoms with Crippen LogP contribution in [0.3, 0.4) is 0 Å². The molecule has 1 heterocycles. The van der Waals surface area contributed by atoms with Crippen LogP contribution >= 0.6 is 0 Å².